The quantitative estimate of drug-likeness (QED) is 0.0905. The molecule has 0 rings (SSSR count). The maximum Gasteiger partial charge on any atom is 0.134 e. The first-order chi connectivity index (χ1) is 15.2. The van der Waals surface area contributed by atoms with Crippen molar-refractivity contribution in [1.82, 2.24) is 0 Å². The van der Waals surface area contributed by atoms with Crippen LogP contribution in [0.2, 0.25) is 21.1 Å². The lowest BCUT2D eigenvalue weighted by Crippen LogP contribution is -2.34. The molecule has 0 amide bonds. The van der Waals surface area contributed by atoms with Crippen molar-refractivity contribution in [3.05, 3.63) is 0 Å². The summed E-state index contributed by atoms with van der Waals surface area (Å²) in [6.07, 6.45) is 32.8. The molecule has 0 heterocycles. The Hall–Kier alpha value is 0.532. The van der Waals surface area contributed by atoms with Crippen LogP contribution in [-0.2, 0) is 0 Å². The van der Waals surface area contributed by atoms with Crippen LogP contribution in [0.5, 0.6) is 0 Å². The molecule has 0 aromatic rings. The largest absolute Gasteiger partial charge is 0.191 e. The fourth-order valence-electron chi connectivity index (χ4n) is 5.94. The summed E-state index contributed by atoms with van der Waals surface area (Å²) in [6, 6.07) is 0. The smallest absolute Gasteiger partial charge is 0.134 e. The van der Waals surface area contributed by atoms with Crippen LogP contribution < -0.4 is 0 Å². The van der Waals surface area contributed by atoms with E-state index in [9.17, 15) is 0 Å². The van der Waals surface area contributed by atoms with Gasteiger partial charge in [0.25, 0.3) is 0 Å². The summed E-state index contributed by atoms with van der Waals surface area (Å²) in [4.78, 5) is 0. The molecule has 0 aliphatic carbocycles. The van der Waals surface area contributed by atoms with Gasteiger partial charge in [-0.05, 0) is 0 Å². The summed E-state index contributed by atoms with van der Waals surface area (Å²) in [5.74, 6) is 0. The molecule has 1 heteroatoms. The second kappa shape index (κ2) is 25.2. The normalized spacial score (nSPS) is 12.0. The van der Waals surface area contributed by atoms with Gasteiger partial charge in [0.2, 0.25) is 0 Å². The Morgan fingerprint density at radius 2 is 0.452 bits per heavy atom. The van der Waals surface area contributed by atoms with E-state index in [1.807, 2.05) is 0 Å². The zero-order chi connectivity index (χ0) is 22.9. The van der Waals surface area contributed by atoms with Crippen LogP contribution in [0.4, 0.5) is 0 Å². The summed E-state index contributed by atoms with van der Waals surface area (Å²) < 4.78 is 0. The predicted molar refractivity (Wildman–Crippen MR) is 149 cm³/mol. The molecular weight excluding hydrogens is 387 g/mol. The monoisotopic (exact) mass is 451 g/mol. The highest BCUT2D eigenvalue weighted by atomic mass is 27.2. The molecule has 0 radical (unpaired) electrons. The second-order valence-electron chi connectivity index (χ2n) is 11.3. The van der Waals surface area contributed by atoms with Crippen LogP contribution in [-0.4, -0.2) is 13.1 Å². The van der Waals surface area contributed by atoms with Gasteiger partial charge in [0, 0.05) is 0 Å². The third-order valence-corrected chi connectivity index (χ3v) is 14.7. The van der Waals surface area contributed by atoms with Gasteiger partial charge >= 0.3 is 0 Å². The van der Waals surface area contributed by atoms with E-state index < -0.39 is 13.1 Å². The molecule has 0 nitrogen and oxygen atoms in total. The predicted octanol–water partition coefficient (Wildman–Crippen LogP) is 12.1. The average molecular weight is 452 g/mol. The lowest BCUT2D eigenvalue weighted by atomic mass is 10.1. The van der Waals surface area contributed by atoms with E-state index in [0.29, 0.717) is 0 Å². The maximum absolute atomic E-state index is 2.37. The third-order valence-electron chi connectivity index (χ3n) is 8.18. The zero-order valence-corrected chi connectivity index (χ0v) is 24.1. The molecule has 0 atom stereocenters. The Morgan fingerprint density at radius 3 is 0.710 bits per heavy atom. The minimum Gasteiger partial charge on any atom is -0.191 e. The van der Waals surface area contributed by atoms with E-state index in [1.165, 1.54) is 116 Å². The molecule has 0 saturated carbocycles. The molecule has 0 fully saturated rings. The van der Waals surface area contributed by atoms with E-state index in [-0.39, 0.29) is 0 Å². The number of unbranched alkanes of at least 4 members (excludes halogenated alkanes) is 18. The Bertz CT molecular complexity index is 284. The molecule has 0 saturated heterocycles. The molecule has 0 aliphatic rings. The molecule has 0 spiro atoms. The zero-order valence-electron chi connectivity index (χ0n) is 23.0. The van der Waals surface area contributed by atoms with Crippen molar-refractivity contribution >= 4 is 13.1 Å². The highest BCUT2D eigenvalue weighted by Gasteiger charge is 2.27. The SMILES string of the molecule is CCCCCCC[CH2][Al-]([CH2]CCCCC)([CH2]CCCCCCC)[CH2]CCCCCCC. The summed E-state index contributed by atoms with van der Waals surface area (Å²) in [6.45, 7) is 9.40. The fourth-order valence-corrected chi connectivity index (χ4v) is 12.3. The highest BCUT2D eigenvalue weighted by molar-refractivity contribution is 6.79. The first-order valence-corrected chi connectivity index (χ1v) is 18.7. The minimum absolute atomic E-state index is 1.38. The van der Waals surface area contributed by atoms with Crippen LogP contribution in [0.1, 0.15) is 169 Å². The Balaban J connectivity index is 4.68. The molecule has 188 valence electrons. The van der Waals surface area contributed by atoms with Gasteiger partial charge in [0.1, 0.15) is 13.1 Å². The van der Waals surface area contributed by atoms with Crippen molar-refractivity contribution in [3.8, 4) is 0 Å². The van der Waals surface area contributed by atoms with Crippen molar-refractivity contribution in [1.29, 1.82) is 0 Å². The van der Waals surface area contributed by atoms with Gasteiger partial charge in [-0.25, -0.2) is 0 Å². The summed E-state index contributed by atoms with van der Waals surface area (Å²) in [5.41, 5.74) is 0. The maximum atomic E-state index is 2.37. The van der Waals surface area contributed by atoms with Crippen LogP contribution in [0.3, 0.4) is 0 Å². The molecule has 0 aliphatic heterocycles. The summed E-state index contributed by atoms with van der Waals surface area (Å²) in [7, 11) is 0. The van der Waals surface area contributed by atoms with E-state index in [4.69, 9.17) is 0 Å². The van der Waals surface area contributed by atoms with Gasteiger partial charge in [-0.15, -0.1) is 0 Å². The van der Waals surface area contributed by atoms with E-state index in [2.05, 4.69) is 27.7 Å². The topological polar surface area (TPSA) is 0 Å². The van der Waals surface area contributed by atoms with Crippen molar-refractivity contribution < 1.29 is 0 Å². The summed E-state index contributed by atoms with van der Waals surface area (Å²) >= 11 is -1.40. The van der Waals surface area contributed by atoms with Crippen LogP contribution in [0.25, 0.3) is 0 Å². The lowest BCUT2D eigenvalue weighted by molar-refractivity contribution is 0.602. The average Bonchev–Trinajstić information content (AvgIpc) is 2.78. The van der Waals surface area contributed by atoms with Crippen molar-refractivity contribution in [2.75, 3.05) is 0 Å². The Morgan fingerprint density at radius 1 is 0.258 bits per heavy atom. The van der Waals surface area contributed by atoms with E-state index >= 15 is 0 Å². The molecular formula is C30H64Al-. The Labute approximate surface area is 202 Å². The molecule has 0 bridgehead atoms. The van der Waals surface area contributed by atoms with E-state index in [0.717, 1.165) is 0 Å². The number of rotatable bonds is 26. The van der Waals surface area contributed by atoms with Gasteiger partial charge < -0.3 is 0 Å². The van der Waals surface area contributed by atoms with Crippen LogP contribution in [0, 0.1) is 0 Å². The first-order valence-electron chi connectivity index (χ1n) is 15.5. The molecule has 0 aromatic heterocycles. The Kier molecular flexibility index (Phi) is 25.6. The molecule has 0 unspecified atom stereocenters. The van der Waals surface area contributed by atoms with Crippen molar-refractivity contribution in [2.45, 2.75) is 190 Å². The van der Waals surface area contributed by atoms with Crippen LogP contribution in [0.15, 0.2) is 0 Å². The lowest BCUT2D eigenvalue weighted by Gasteiger charge is -2.37. The van der Waals surface area contributed by atoms with Gasteiger partial charge in [0.15, 0.2) is 0 Å². The number of hydrogen-bond donors (Lipinski definition) is 0. The van der Waals surface area contributed by atoms with Gasteiger partial charge in [-0.3, -0.25) is 0 Å². The van der Waals surface area contributed by atoms with Gasteiger partial charge in [0.05, 0.1) is 0 Å². The summed E-state index contributed by atoms with van der Waals surface area (Å²) in [5, 5.41) is 6.81. The molecule has 0 N–H and O–H groups in total. The van der Waals surface area contributed by atoms with Crippen molar-refractivity contribution in [2.24, 2.45) is 0 Å². The molecule has 0 aromatic carbocycles. The minimum atomic E-state index is -1.40. The number of hydrogen-bond acceptors (Lipinski definition) is 0. The van der Waals surface area contributed by atoms with Gasteiger partial charge in [-0.2, -0.15) is 21.1 Å². The second-order valence-corrected chi connectivity index (χ2v) is 17.0. The van der Waals surface area contributed by atoms with Crippen LogP contribution >= 0.6 is 0 Å². The van der Waals surface area contributed by atoms with Crippen molar-refractivity contribution in [3.63, 3.8) is 0 Å². The first kappa shape index (κ1) is 31.5. The van der Waals surface area contributed by atoms with E-state index in [1.54, 1.807) is 46.8 Å². The standard InChI is InChI=1S/3C8H17.C6H13.Al/c3*1-3-5-7-8-6-4-2;1-3-5-6-4-2;/h3*1,3-8H2,2H3;1,3-6H2,2H3;/q;;;;-1. The highest BCUT2D eigenvalue weighted by Crippen LogP contribution is 2.35. The fraction of sp³-hybridized carbons (Fsp3) is 1.00. The third kappa shape index (κ3) is 20.8. The molecule has 31 heavy (non-hydrogen) atoms. The van der Waals surface area contributed by atoms with Gasteiger partial charge in [-0.1, -0.05) is 169 Å².